The van der Waals surface area contributed by atoms with E-state index in [9.17, 15) is 19.2 Å². The number of amides is 4. The average molecular weight is 643 g/mol. The largest absolute Gasteiger partial charge is 0.497 e. The fraction of sp³-hybridized carbons (Fsp3) is 0.263. The normalized spacial score (nSPS) is 26.7. The number of methoxy groups -OCH3 is 2. The number of fused-ring (bicyclic) bond motifs is 5. The van der Waals surface area contributed by atoms with Crippen LogP contribution in [0.2, 0.25) is 0 Å². The van der Waals surface area contributed by atoms with Gasteiger partial charge < -0.3 is 9.47 Å². The van der Waals surface area contributed by atoms with Crippen LogP contribution in [0.3, 0.4) is 0 Å². The molecule has 4 aliphatic heterocycles. The molecule has 4 aromatic rings. The van der Waals surface area contributed by atoms with Gasteiger partial charge in [0, 0.05) is 0 Å². The summed E-state index contributed by atoms with van der Waals surface area (Å²) in [6, 6.07) is 26.0. The van der Waals surface area contributed by atoms with Gasteiger partial charge in [-0.1, -0.05) is 59.7 Å². The van der Waals surface area contributed by atoms with Gasteiger partial charge in [0.25, 0.3) is 11.8 Å². The summed E-state index contributed by atoms with van der Waals surface area (Å²) >= 11 is 0. The van der Waals surface area contributed by atoms with Crippen molar-refractivity contribution >= 4 is 35.0 Å². The van der Waals surface area contributed by atoms with Crippen LogP contribution in [-0.2, 0) is 19.2 Å². The van der Waals surface area contributed by atoms with Gasteiger partial charge in [0.05, 0.1) is 49.5 Å². The maximum Gasteiger partial charge on any atom is 0.253 e. The Balaban J connectivity index is 1.32. The van der Waals surface area contributed by atoms with E-state index in [0.717, 1.165) is 22.3 Å². The zero-order chi connectivity index (χ0) is 33.4. The van der Waals surface area contributed by atoms with Crippen LogP contribution in [0.15, 0.2) is 97.1 Å². The van der Waals surface area contributed by atoms with E-state index in [2.05, 4.69) is 0 Å². The number of ether oxygens (including phenoxy) is 2. The summed E-state index contributed by atoms with van der Waals surface area (Å²) in [5.74, 6) is -1.88. The predicted octanol–water partition coefficient (Wildman–Crippen LogP) is 4.77. The minimum atomic E-state index is -0.947. The minimum Gasteiger partial charge on any atom is -0.497 e. The lowest BCUT2D eigenvalue weighted by molar-refractivity contribution is -0.136. The van der Waals surface area contributed by atoms with Crippen molar-refractivity contribution in [2.75, 3.05) is 24.0 Å². The first-order valence-corrected chi connectivity index (χ1v) is 16.0. The van der Waals surface area contributed by atoms with Crippen molar-refractivity contribution in [1.29, 1.82) is 0 Å². The molecule has 0 aromatic heterocycles. The lowest BCUT2D eigenvalue weighted by atomic mass is 9.84. The van der Waals surface area contributed by atoms with Crippen LogP contribution < -0.4 is 19.3 Å². The average Bonchev–Trinajstić information content (AvgIpc) is 3.77. The molecule has 242 valence electrons. The first kappa shape index (κ1) is 30.0. The standard InChI is InChI=1S/C38H34N4O6/c1-21-5-13-25(14-6-21)39-35(43)29-31(23-9-17-27(47-3)18-10-23)42-34-30(36(44)40(38(34)46)26-15-7-22(2)8-16-26)32(41(42)33(29)37(39)45)24-11-19-28(48-4)20-12-24/h5-20,29-34H,1-4H3. The number of hydrazine groups is 1. The Labute approximate surface area is 278 Å². The molecule has 0 N–H and O–H groups in total. The van der Waals surface area contributed by atoms with Gasteiger partial charge in [-0.05, 0) is 73.5 Å². The summed E-state index contributed by atoms with van der Waals surface area (Å²) in [5, 5.41) is 3.74. The molecular weight excluding hydrogens is 608 g/mol. The van der Waals surface area contributed by atoms with Gasteiger partial charge in [0.2, 0.25) is 11.8 Å². The number of hydrogen-bond donors (Lipinski definition) is 0. The number of aryl methyl sites for hydroxylation is 2. The number of benzene rings is 4. The minimum absolute atomic E-state index is 0.346. The summed E-state index contributed by atoms with van der Waals surface area (Å²) in [6.07, 6.45) is 0. The molecule has 0 aliphatic carbocycles. The van der Waals surface area contributed by atoms with Crippen LogP contribution in [0.1, 0.15) is 34.3 Å². The lowest BCUT2D eigenvalue weighted by Gasteiger charge is -2.35. The smallest absolute Gasteiger partial charge is 0.253 e. The van der Waals surface area contributed by atoms with E-state index in [1.807, 2.05) is 72.4 Å². The van der Waals surface area contributed by atoms with Crippen LogP contribution in [0.5, 0.6) is 11.5 Å². The van der Waals surface area contributed by atoms with Crippen molar-refractivity contribution in [3.05, 3.63) is 119 Å². The van der Waals surface area contributed by atoms with Gasteiger partial charge in [0.1, 0.15) is 23.6 Å². The number of imide groups is 2. The third kappa shape index (κ3) is 4.26. The third-order valence-electron chi connectivity index (χ3n) is 10.2. The highest BCUT2D eigenvalue weighted by molar-refractivity contribution is 6.26. The molecule has 4 fully saturated rings. The van der Waals surface area contributed by atoms with E-state index in [1.54, 1.807) is 62.8 Å². The number of hydrogen-bond acceptors (Lipinski definition) is 8. The molecule has 6 atom stereocenters. The fourth-order valence-electron chi connectivity index (χ4n) is 8.00. The van der Waals surface area contributed by atoms with E-state index in [0.29, 0.717) is 22.9 Å². The van der Waals surface area contributed by atoms with Crippen LogP contribution in [-0.4, -0.2) is 59.9 Å². The summed E-state index contributed by atoms with van der Waals surface area (Å²) in [4.78, 5) is 60.8. The number of rotatable bonds is 6. The van der Waals surface area contributed by atoms with Gasteiger partial charge in [-0.15, -0.1) is 0 Å². The van der Waals surface area contributed by atoms with Crippen molar-refractivity contribution in [1.82, 2.24) is 10.0 Å². The summed E-state index contributed by atoms with van der Waals surface area (Å²) in [6.45, 7) is 3.89. The molecule has 6 unspecified atom stereocenters. The third-order valence-corrected chi connectivity index (χ3v) is 10.2. The Bertz CT molecular complexity index is 1800. The van der Waals surface area contributed by atoms with Crippen LogP contribution >= 0.6 is 0 Å². The van der Waals surface area contributed by atoms with E-state index in [4.69, 9.17) is 9.47 Å². The second-order valence-corrected chi connectivity index (χ2v) is 12.8. The molecular formula is C38H34N4O6. The second kappa shape index (κ2) is 11.1. The van der Waals surface area contributed by atoms with Crippen molar-refractivity contribution in [2.24, 2.45) is 11.8 Å². The quantitative estimate of drug-likeness (QED) is 0.278. The summed E-state index contributed by atoms with van der Waals surface area (Å²) < 4.78 is 10.8. The Hall–Kier alpha value is -5.32. The van der Waals surface area contributed by atoms with E-state index < -0.39 is 36.0 Å². The SMILES string of the molecule is COc1ccc(C2C3C(=O)N(c4ccc(C)cc4)C(=O)C3N3C(c4ccc(OC)cc4)C4C(=O)N(c5ccc(C)cc5)C(=O)C4N23)cc1. The Kier molecular flexibility index (Phi) is 6.97. The van der Waals surface area contributed by atoms with Gasteiger partial charge in [-0.3, -0.25) is 19.2 Å². The highest BCUT2D eigenvalue weighted by Crippen LogP contribution is 2.59. The Morgan fingerprint density at radius 1 is 0.438 bits per heavy atom. The summed E-state index contributed by atoms with van der Waals surface area (Å²) in [5.41, 5.74) is 4.46. The van der Waals surface area contributed by atoms with Gasteiger partial charge >= 0.3 is 0 Å². The van der Waals surface area contributed by atoms with Crippen LogP contribution in [0.25, 0.3) is 0 Å². The Morgan fingerprint density at radius 2 is 0.771 bits per heavy atom. The first-order chi connectivity index (χ1) is 23.2. The molecule has 10 heteroatoms. The van der Waals surface area contributed by atoms with Crippen molar-refractivity contribution in [3.63, 3.8) is 0 Å². The molecule has 10 nitrogen and oxygen atoms in total. The maximum atomic E-state index is 14.6. The number of carbonyl (C=O) groups is 4. The molecule has 0 bridgehead atoms. The number of carbonyl (C=O) groups excluding carboxylic acids is 4. The molecule has 0 saturated carbocycles. The molecule has 4 aliphatic rings. The molecule has 8 rings (SSSR count). The molecule has 48 heavy (non-hydrogen) atoms. The number of anilines is 2. The van der Waals surface area contributed by atoms with Crippen molar-refractivity contribution in [3.8, 4) is 11.5 Å². The fourth-order valence-corrected chi connectivity index (χ4v) is 8.00. The highest BCUT2D eigenvalue weighted by Gasteiger charge is 2.73. The Morgan fingerprint density at radius 3 is 1.08 bits per heavy atom. The van der Waals surface area contributed by atoms with Crippen molar-refractivity contribution in [2.45, 2.75) is 38.0 Å². The van der Waals surface area contributed by atoms with Gasteiger partial charge in [-0.2, -0.15) is 0 Å². The molecule has 4 aromatic carbocycles. The summed E-state index contributed by atoms with van der Waals surface area (Å²) in [7, 11) is 3.15. The monoisotopic (exact) mass is 642 g/mol. The molecule has 4 heterocycles. The van der Waals surface area contributed by atoms with Crippen molar-refractivity contribution < 1.29 is 28.7 Å². The van der Waals surface area contributed by atoms with Gasteiger partial charge in [-0.25, -0.2) is 19.8 Å². The topological polar surface area (TPSA) is 99.7 Å². The predicted molar refractivity (Wildman–Crippen MR) is 177 cm³/mol. The highest BCUT2D eigenvalue weighted by atomic mass is 16.5. The van der Waals surface area contributed by atoms with Crippen LogP contribution in [0.4, 0.5) is 11.4 Å². The molecule has 0 radical (unpaired) electrons. The lowest BCUT2D eigenvalue weighted by Crippen LogP contribution is -2.50. The maximum absolute atomic E-state index is 14.6. The zero-order valence-corrected chi connectivity index (χ0v) is 26.9. The second-order valence-electron chi connectivity index (χ2n) is 12.8. The van der Waals surface area contributed by atoms with E-state index in [-0.39, 0.29) is 23.6 Å². The van der Waals surface area contributed by atoms with Gasteiger partial charge in [0.15, 0.2) is 0 Å². The van der Waals surface area contributed by atoms with E-state index in [1.165, 1.54) is 9.80 Å². The first-order valence-electron chi connectivity index (χ1n) is 16.0. The zero-order valence-electron chi connectivity index (χ0n) is 26.9. The van der Waals surface area contributed by atoms with E-state index >= 15 is 0 Å². The molecule has 0 spiro atoms. The van der Waals surface area contributed by atoms with Crippen LogP contribution in [0, 0.1) is 25.7 Å². The molecule has 4 saturated heterocycles. The number of nitrogens with zero attached hydrogens (tertiary/aromatic N) is 4. The molecule has 4 amide bonds.